The molecule has 0 saturated carbocycles. The number of aliphatic hydroxyl groups is 1. The first-order valence-electron chi connectivity index (χ1n) is 42.4. The number of nitriles is 3. The summed E-state index contributed by atoms with van der Waals surface area (Å²) in [6, 6.07) is 42.3. The zero-order chi connectivity index (χ0) is 103. The molecule has 9 rings (SSSR count). The van der Waals surface area contributed by atoms with Crippen LogP contribution in [0, 0.1) is 64.3 Å². The molecule has 0 unspecified atom stereocenters. The maximum atomic E-state index is 11.8. The largest absolute Gasteiger partial charge is 1.00 e. The number of methoxy groups -OCH3 is 2. The molecule has 1 saturated heterocycles. The fourth-order valence-electron chi connectivity index (χ4n) is 12.6. The van der Waals surface area contributed by atoms with Crippen LogP contribution < -0.4 is 54.2 Å². The van der Waals surface area contributed by atoms with Crippen molar-refractivity contribution in [3.8, 4) is 52.7 Å². The summed E-state index contributed by atoms with van der Waals surface area (Å²) < 4.78 is 35.2. The van der Waals surface area contributed by atoms with Crippen molar-refractivity contribution in [1.82, 2.24) is 0 Å². The van der Waals surface area contributed by atoms with Crippen LogP contribution in [0.1, 0.15) is 293 Å². The summed E-state index contributed by atoms with van der Waals surface area (Å²) in [5, 5.41) is 97.9. The molecule has 30 nitrogen and oxygen atoms in total. The number of carbonyl (C=O) groups is 5. The first-order chi connectivity index (χ1) is 60.2. The second kappa shape index (κ2) is 51.1. The molecule has 730 valence electrons. The number of nitrogens with two attached hydrogens (primary N) is 1. The number of rotatable bonds is 15. The number of aromatic hydroxyl groups is 2. The molecule has 0 bridgehead atoms. The number of amides is 1. The number of hydrogen-bond acceptors (Lipinski definition) is 25. The van der Waals surface area contributed by atoms with Gasteiger partial charge in [-0.2, -0.15) is 15.8 Å². The van der Waals surface area contributed by atoms with Crippen molar-refractivity contribution in [2.75, 3.05) is 39.9 Å². The summed E-state index contributed by atoms with van der Waals surface area (Å²) >= 11 is 9.53. The average molecular weight is 1910 g/mol. The average Bonchev–Trinajstić information content (AvgIpc) is 1.47. The van der Waals surface area contributed by atoms with Crippen molar-refractivity contribution in [1.29, 1.82) is 15.8 Å². The number of phenols is 2. The molecule has 0 aliphatic carbocycles. The number of fused-ring (bicyclic) bond motifs is 1. The third-order valence-corrected chi connectivity index (χ3v) is 21.4. The van der Waals surface area contributed by atoms with Crippen molar-refractivity contribution in [2.45, 2.75) is 292 Å². The predicted molar refractivity (Wildman–Crippen MR) is 515 cm³/mol. The number of benzene rings is 7. The van der Waals surface area contributed by atoms with E-state index in [9.17, 15) is 80.2 Å². The molecule has 1 fully saturated rings. The van der Waals surface area contributed by atoms with Crippen molar-refractivity contribution in [3.05, 3.63) is 224 Å². The van der Waals surface area contributed by atoms with Crippen LogP contribution in [0.5, 0.6) is 34.5 Å². The van der Waals surface area contributed by atoms with Crippen molar-refractivity contribution < 1.29 is 127 Å². The van der Waals surface area contributed by atoms with Crippen LogP contribution in [-0.2, 0) is 100 Å². The number of aliphatic carboxylic acids is 1. The maximum Gasteiger partial charge on any atom is 1.00 e. The number of nitrogens with zero attached hydrogens (tertiary/aromatic N) is 6. The monoisotopic (exact) mass is 1910 g/mol. The topological polar surface area (TPSA) is 488 Å². The number of aliphatic hydroxyl groups excluding tert-OH is 1. The second-order valence-electron chi connectivity index (χ2n) is 40.5. The molecule has 2 aliphatic rings. The van der Waals surface area contributed by atoms with Crippen molar-refractivity contribution in [3.63, 3.8) is 0 Å². The number of halogens is 2. The number of phenolic OH excluding ortho intramolecular Hbond substituents is 2. The number of hydrogen-bond donors (Lipinski definition) is 5. The minimum Gasteiger partial charge on any atom is -0.870 e. The van der Waals surface area contributed by atoms with Crippen LogP contribution in [0.25, 0.3) is 0 Å². The summed E-state index contributed by atoms with van der Waals surface area (Å²) in [5.41, 5.74) is 7.64. The van der Waals surface area contributed by atoms with E-state index in [2.05, 4.69) is 102 Å². The van der Waals surface area contributed by atoms with Crippen LogP contribution in [-0.4, -0.2) is 111 Å². The fraction of sp³-hybridized carbons (Fsp3) is 0.505. The molecule has 7 N–H and O–H groups in total. The van der Waals surface area contributed by atoms with Gasteiger partial charge < -0.3 is 64.8 Å². The number of ether oxygens (including phenoxy) is 7. The first kappa shape index (κ1) is 125. The minimum atomic E-state index is -1.33. The Morgan fingerprint density at radius 2 is 0.821 bits per heavy atom. The van der Waals surface area contributed by atoms with Gasteiger partial charge in [-0.1, -0.05) is 173 Å². The van der Waals surface area contributed by atoms with Gasteiger partial charge in [0.2, 0.25) is 5.91 Å². The van der Waals surface area contributed by atoms with Crippen molar-refractivity contribution >= 4 is 70.4 Å². The van der Waals surface area contributed by atoms with E-state index in [0.29, 0.717) is 51.5 Å². The van der Waals surface area contributed by atoms with Crippen LogP contribution in [0.2, 0.25) is 0 Å². The number of carbonyl (C=O) groups excluding carboxylic acids is 4. The normalized spacial score (nSPS) is 12.6. The molecule has 134 heavy (non-hydrogen) atoms. The molecule has 7 aromatic rings. The minimum absolute atomic E-state index is 0. The molecule has 1 amide bonds. The van der Waals surface area contributed by atoms with Gasteiger partial charge in [0, 0.05) is 70.4 Å². The van der Waals surface area contributed by atoms with Crippen LogP contribution in [0.4, 0.5) is 26.7 Å². The van der Waals surface area contributed by atoms with E-state index < -0.39 is 82.3 Å². The molecule has 2 aliphatic heterocycles. The number of nitro groups is 3. The Bertz CT molecular complexity index is 5320. The number of primary amides is 1. The molecule has 33 heteroatoms. The summed E-state index contributed by atoms with van der Waals surface area (Å²) in [4.78, 5) is 89.8. The van der Waals surface area contributed by atoms with E-state index in [1.165, 1.54) is 57.6 Å². The summed E-state index contributed by atoms with van der Waals surface area (Å²) in [6.07, 6.45) is 0.720. The predicted octanol–water partition coefficient (Wildman–Crippen LogP) is 20.3. The van der Waals surface area contributed by atoms with Crippen LogP contribution in [0.3, 0.4) is 0 Å². The second-order valence-corrected chi connectivity index (χ2v) is 41.3. The SMILES string of the molecule is C1CCOC1.CC(C)(C)c1cc(C(C)(C)C(=O)O)c(O)cc1[N+](=O)[O-].CC(C)(C)c1cc2c(cc1[N+](=O)[O-])OC(=O)C2(C)C.CC(C)(C)c1ccc(O)c(C(C)(C)C#N)c1.CC(C)(C)c1ccc(OCc2ccccc2)c(C(C)(C)C#N)c1.CO.COC(=O)Oc1cc([N+](=O)[O-])c(C(C)(C)C)cc1C(C)(C)C(N)=O.COC(=O)Oc1ccc(C(C)(C)C)cc1C(C)(C)C#N.ClCCl.[Na+].[OH-]. The number of carboxylic acids is 1. The van der Waals surface area contributed by atoms with Gasteiger partial charge in [0.1, 0.15) is 41.1 Å². The van der Waals surface area contributed by atoms with E-state index >= 15 is 0 Å². The fourth-order valence-corrected chi connectivity index (χ4v) is 12.6. The van der Waals surface area contributed by atoms with Gasteiger partial charge >= 0.3 is 53.8 Å². The number of nitro benzene ring substituents is 3. The Morgan fingerprint density at radius 3 is 1.18 bits per heavy atom. The van der Waals surface area contributed by atoms with E-state index in [-0.39, 0.29) is 113 Å². The maximum absolute atomic E-state index is 11.8. The molecule has 0 atom stereocenters. The quantitative estimate of drug-likeness (QED) is 0.0121. The summed E-state index contributed by atoms with van der Waals surface area (Å²) in [7, 11) is 3.36. The Kier molecular flexibility index (Phi) is 47.7. The Labute approximate surface area is 822 Å². The third-order valence-electron chi connectivity index (χ3n) is 21.4. The van der Waals surface area contributed by atoms with Gasteiger partial charge in [-0.3, -0.25) is 44.7 Å². The molecule has 2 heterocycles. The summed E-state index contributed by atoms with van der Waals surface area (Å²) in [6.45, 7) is 58.8. The van der Waals surface area contributed by atoms with Gasteiger partial charge in [0.25, 0.3) is 17.1 Å². The van der Waals surface area contributed by atoms with E-state index in [1.807, 2.05) is 109 Å². The van der Waals surface area contributed by atoms with E-state index in [4.69, 9.17) is 63.0 Å². The molecular formula is C101H138Cl2N7NaO23. The third kappa shape index (κ3) is 35.7. The first-order valence-corrected chi connectivity index (χ1v) is 43.4. The van der Waals surface area contributed by atoms with Gasteiger partial charge in [0.05, 0.1) is 103 Å². The smallest absolute Gasteiger partial charge is 0.870 e. The Balaban J connectivity index is 0. The molecular weight excluding hydrogens is 1770 g/mol. The van der Waals surface area contributed by atoms with Gasteiger partial charge in [-0.05, 0) is 205 Å². The molecule has 7 aromatic carbocycles. The van der Waals surface area contributed by atoms with Crippen LogP contribution in [0.15, 0.2) is 121 Å². The zero-order valence-electron chi connectivity index (χ0n) is 84.4. The molecule has 0 spiro atoms. The number of carboxylic acid groups (broad SMARTS) is 1. The van der Waals surface area contributed by atoms with Crippen LogP contribution >= 0.6 is 23.2 Å². The standard InChI is InChI=1S/C21H25NO.C16H22N2O6.C16H21NO3.C14H19NO5.C14H17NO4.C14H19NO.C4H8O.CH2Cl2.CH4O.Na.H2O/c1-20(2,3)17-11-12-19(18(13-17)21(4,5)15-22)23-14-16-9-7-6-8-10-16;1-15(2,3)9-7-10(16(4,5)13(17)19)12(24-14(20)23-6)8-11(9)18(21)22;1-15(2,3)11-7-8-13(20-14(18)19-6)12(9-11)16(4,5)10-17;1-13(2,3)8-6-9(14(4,5)12(17)18)11(16)7-10(8)15(19)20;1-13(2,3)8-6-9-11(7-10(8)15(17)18)19-12(16)14(9,4)5;1-13(2,3)10-6-7-12(16)11(8-10)14(4,5)9-15;1-2-4-5-3-1;2-1-3;1-2;;/h6-13H,14H2,1-5H3;7-8H,1-6H3,(H2,17,19);7-9H,1-6H3;6-7,16H,1-5H3,(H,17,18);6-7H,1-5H3;6-8,16H,1-5H3;1-4H2;1H2;2H,1H3;;1H2/q;;;;;;;;;+1;/p-1. The van der Waals surface area contributed by atoms with Gasteiger partial charge in [0.15, 0.2) is 0 Å². The number of esters is 1. The van der Waals surface area contributed by atoms with E-state index in [0.717, 1.165) is 67.6 Å². The Morgan fingerprint density at radius 1 is 0.470 bits per heavy atom. The van der Waals surface area contributed by atoms with Gasteiger partial charge in [-0.15, -0.1) is 23.2 Å². The van der Waals surface area contributed by atoms with Crippen molar-refractivity contribution in [2.24, 2.45) is 5.73 Å². The Hall–Kier alpha value is -11.0. The molecule has 0 radical (unpaired) electrons. The number of alkyl halides is 2. The molecule has 0 aromatic heterocycles. The zero-order valence-corrected chi connectivity index (χ0v) is 87.9. The van der Waals surface area contributed by atoms with Gasteiger partial charge in [-0.25, -0.2) is 9.59 Å². The van der Waals surface area contributed by atoms with E-state index in [1.54, 1.807) is 101 Å². The summed E-state index contributed by atoms with van der Waals surface area (Å²) in [5.74, 6) is -1.02.